The van der Waals surface area contributed by atoms with Gasteiger partial charge in [-0.1, -0.05) is 30.3 Å². The number of aliphatic carboxylic acids is 1. The highest BCUT2D eigenvalue weighted by molar-refractivity contribution is 5.79. The van der Waals surface area contributed by atoms with Crippen molar-refractivity contribution in [1.29, 1.82) is 0 Å². The molecule has 1 aromatic carbocycles. The first-order valence-corrected chi connectivity index (χ1v) is 7.42. The second kappa shape index (κ2) is 5.96. The largest absolute Gasteiger partial charge is 0.481 e. The summed E-state index contributed by atoms with van der Waals surface area (Å²) in [5, 5.41) is 9.55. The van der Waals surface area contributed by atoms with E-state index in [2.05, 4.69) is 0 Å². The van der Waals surface area contributed by atoms with E-state index >= 15 is 0 Å². The van der Waals surface area contributed by atoms with E-state index in [0.29, 0.717) is 19.4 Å². The number of hydrogen-bond acceptors (Lipinski definition) is 4. The molecule has 0 aromatic heterocycles. The van der Waals surface area contributed by atoms with Crippen LogP contribution in [-0.4, -0.2) is 47.9 Å². The molecule has 0 spiro atoms. The molecule has 2 saturated heterocycles. The Bertz CT molecular complexity index is 561. The van der Waals surface area contributed by atoms with Crippen LogP contribution in [0.4, 0.5) is 4.79 Å². The monoisotopic (exact) mass is 305 g/mol. The van der Waals surface area contributed by atoms with Gasteiger partial charge in [-0.25, -0.2) is 4.79 Å². The minimum absolute atomic E-state index is 0.153. The van der Waals surface area contributed by atoms with Crippen LogP contribution in [0, 0.1) is 5.41 Å². The van der Waals surface area contributed by atoms with E-state index in [4.69, 9.17) is 9.47 Å². The summed E-state index contributed by atoms with van der Waals surface area (Å²) in [7, 11) is 0. The number of benzene rings is 1. The smallest absolute Gasteiger partial charge is 0.410 e. The molecule has 0 aliphatic carbocycles. The number of amides is 1. The van der Waals surface area contributed by atoms with Crippen molar-refractivity contribution >= 4 is 12.1 Å². The quantitative estimate of drug-likeness (QED) is 0.923. The molecule has 2 aliphatic heterocycles. The number of rotatable bonds is 3. The van der Waals surface area contributed by atoms with Gasteiger partial charge in [0.05, 0.1) is 12.6 Å². The maximum atomic E-state index is 12.2. The summed E-state index contributed by atoms with van der Waals surface area (Å²) >= 11 is 0. The lowest BCUT2D eigenvalue weighted by Crippen LogP contribution is -2.46. The Morgan fingerprint density at radius 1 is 1.36 bits per heavy atom. The Morgan fingerprint density at radius 2 is 2.14 bits per heavy atom. The topological polar surface area (TPSA) is 76.1 Å². The van der Waals surface area contributed by atoms with Crippen molar-refractivity contribution in [2.45, 2.75) is 25.6 Å². The summed E-state index contributed by atoms with van der Waals surface area (Å²) < 4.78 is 10.9. The van der Waals surface area contributed by atoms with Gasteiger partial charge in [0.1, 0.15) is 12.0 Å². The van der Waals surface area contributed by atoms with E-state index < -0.39 is 23.6 Å². The summed E-state index contributed by atoms with van der Waals surface area (Å²) in [6.45, 7) is 1.16. The van der Waals surface area contributed by atoms with Gasteiger partial charge in [0, 0.05) is 13.2 Å². The van der Waals surface area contributed by atoms with E-state index in [1.165, 1.54) is 4.90 Å². The maximum Gasteiger partial charge on any atom is 0.410 e. The second-order valence-corrected chi connectivity index (χ2v) is 5.84. The molecular weight excluding hydrogens is 286 g/mol. The van der Waals surface area contributed by atoms with Crippen molar-refractivity contribution in [2.24, 2.45) is 5.41 Å². The third kappa shape index (κ3) is 2.66. The molecule has 0 bridgehead atoms. The Kier molecular flexibility index (Phi) is 4.02. The minimum Gasteiger partial charge on any atom is -0.481 e. The number of carboxylic acids is 1. The van der Waals surface area contributed by atoms with Crippen LogP contribution in [0.5, 0.6) is 0 Å². The highest BCUT2D eigenvalue weighted by atomic mass is 16.6. The molecule has 6 nitrogen and oxygen atoms in total. The van der Waals surface area contributed by atoms with Gasteiger partial charge in [0.25, 0.3) is 0 Å². The zero-order valence-electron chi connectivity index (χ0n) is 12.2. The fourth-order valence-corrected chi connectivity index (χ4v) is 3.21. The van der Waals surface area contributed by atoms with Crippen LogP contribution in [0.3, 0.4) is 0 Å². The van der Waals surface area contributed by atoms with Crippen molar-refractivity contribution < 1.29 is 24.2 Å². The molecule has 0 unspecified atom stereocenters. The Balaban J connectivity index is 1.63. The standard InChI is InChI=1S/C16H19NO5/c18-14(19)16-7-4-8-21-13(16)9-17(11-16)15(20)22-10-12-5-2-1-3-6-12/h1-3,5-6,13H,4,7-11H2,(H,18,19)/t13-,16-/m1/s1. The molecule has 0 saturated carbocycles. The van der Waals surface area contributed by atoms with Gasteiger partial charge in [-0.3, -0.25) is 4.79 Å². The van der Waals surface area contributed by atoms with E-state index in [1.807, 2.05) is 30.3 Å². The van der Waals surface area contributed by atoms with Gasteiger partial charge in [0.15, 0.2) is 0 Å². The molecule has 2 aliphatic rings. The van der Waals surface area contributed by atoms with E-state index in [9.17, 15) is 14.7 Å². The third-order valence-electron chi connectivity index (χ3n) is 4.45. The van der Waals surface area contributed by atoms with Gasteiger partial charge < -0.3 is 19.5 Å². The van der Waals surface area contributed by atoms with Crippen LogP contribution in [0.25, 0.3) is 0 Å². The van der Waals surface area contributed by atoms with Gasteiger partial charge >= 0.3 is 12.1 Å². The third-order valence-corrected chi connectivity index (χ3v) is 4.45. The second-order valence-electron chi connectivity index (χ2n) is 5.84. The van der Waals surface area contributed by atoms with Crippen LogP contribution < -0.4 is 0 Å². The van der Waals surface area contributed by atoms with Crippen molar-refractivity contribution in [3.63, 3.8) is 0 Å². The lowest BCUT2D eigenvalue weighted by molar-refractivity contribution is -0.161. The summed E-state index contributed by atoms with van der Waals surface area (Å²) in [6.07, 6.45) is 0.316. The van der Waals surface area contributed by atoms with Crippen molar-refractivity contribution in [3.05, 3.63) is 35.9 Å². The van der Waals surface area contributed by atoms with Gasteiger partial charge in [-0.15, -0.1) is 0 Å². The molecule has 2 fully saturated rings. The zero-order chi connectivity index (χ0) is 15.6. The molecule has 118 valence electrons. The molecular formula is C16H19NO5. The summed E-state index contributed by atoms with van der Waals surface area (Å²) in [5.41, 5.74) is -0.0824. The lowest BCUT2D eigenvalue weighted by atomic mass is 9.79. The normalized spacial score (nSPS) is 27.3. The minimum atomic E-state index is -0.982. The van der Waals surface area contributed by atoms with Crippen molar-refractivity contribution in [1.82, 2.24) is 4.90 Å². The van der Waals surface area contributed by atoms with Crippen LogP contribution in [-0.2, 0) is 20.9 Å². The first kappa shape index (κ1) is 14.8. The average Bonchev–Trinajstić information content (AvgIpc) is 2.95. The number of carbonyl (C=O) groups excluding carboxylic acids is 1. The summed E-state index contributed by atoms with van der Waals surface area (Å²) in [4.78, 5) is 25.3. The van der Waals surface area contributed by atoms with E-state index in [1.54, 1.807) is 0 Å². The lowest BCUT2D eigenvalue weighted by Gasteiger charge is -2.33. The molecule has 1 aromatic rings. The molecule has 1 amide bonds. The number of hydrogen-bond donors (Lipinski definition) is 1. The molecule has 22 heavy (non-hydrogen) atoms. The number of ether oxygens (including phenoxy) is 2. The number of carbonyl (C=O) groups is 2. The Hall–Kier alpha value is -2.08. The fourth-order valence-electron chi connectivity index (χ4n) is 3.21. The van der Waals surface area contributed by atoms with E-state index in [0.717, 1.165) is 5.56 Å². The highest BCUT2D eigenvalue weighted by Crippen LogP contribution is 2.41. The first-order chi connectivity index (χ1) is 10.6. The Labute approximate surface area is 128 Å². The van der Waals surface area contributed by atoms with E-state index in [-0.39, 0.29) is 19.7 Å². The van der Waals surface area contributed by atoms with Crippen LogP contribution in [0.2, 0.25) is 0 Å². The van der Waals surface area contributed by atoms with Crippen molar-refractivity contribution in [3.8, 4) is 0 Å². The predicted octanol–water partition coefficient (Wildman–Crippen LogP) is 1.89. The highest BCUT2D eigenvalue weighted by Gasteiger charge is 2.55. The average molecular weight is 305 g/mol. The first-order valence-electron chi connectivity index (χ1n) is 7.42. The number of nitrogens with zero attached hydrogens (tertiary/aromatic N) is 1. The molecule has 0 radical (unpaired) electrons. The molecule has 6 heteroatoms. The molecule has 1 N–H and O–H groups in total. The SMILES string of the molecule is O=C(OCc1ccccc1)N1C[C@H]2OCCC[C@@]2(C(=O)O)C1. The van der Waals surface area contributed by atoms with Crippen molar-refractivity contribution in [2.75, 3.05) is 19.7 Å². The fraction of sp³-hybridized carbons (Fsp3) is 0.500. The molecule has 2 heterocycles. The van der Waals surface area contributed by atoms with Crippen LogP contribution >= 0.6 is 0 Å². The number of carboxylic acid groups (broad SMARTS) is 1. The zero-order valence-corrected chi connectivity index (χ0v) is 12.2. The Morgan fingerprint density at radius 3 is 2.82 bits per heavy atom. The maximum absolute atomic E-state index is 12.2. The van der Waals surface area contributed by atoms with Gasteiger partial charge in [-0.2, -0.15) is 0 Å². The van der Waals surface area contributed by atoms with Gasteiger partial charge in [-0.05, 0) is 18.4 Å². The number of fused-ring (bicyclic) bond motifs is 1. The van der Waals surface area contributed by atoms with Gasteiger partial charge in [0.2, 0.25) is 0 Å². The number of likely N-dealkylation sites (tertiary alicyclic amines) is 1. The predicted molar refractivity (Wildman–Crippen MR) is 77.2 cm³/mol. The molecule has 3 rings (SSSR count). The van der Waals surface area contributed by atoms with Crippen LogP contribution in [0.1, 0.15) is 18.4 Å². The van der Waals surface area contributed by atoms with Crippen LogP contribution in [0.15, 0.2) is 30.3 Å². The summed E-state index contributed by atoms with van der Waals surface area (Å²) in [6, 6.07) is 9.39. The summed E-state index contributed by atoms with van der Waals surface area (Å²) in [5.74, 6) is -0.893. The molecule has 2 atom stereocenters.